The topological polar surface area (TPSA) is 29.1 Å². The Labute approximate surface area is 130 Å². The Hall–Kier alpha value is -1.59. The second-order valence-corrected chi connectivity index (χ2v) is 5.77. The van der Waals surface area contributed by atoms with Crippen LogP contribution in [0.15, 0.2) is 47.4 Å². The third-order valence-corrected chi connectivity index (χ3v) is 3.91. The van der Waals surface area contributed by atoms with E-state index in [2.05, 4.69) is 5.32 Å². The molecule has 21 heavy (non-hydrogen) atoms. The SMILES string of the molecule is O=C(CCSc1ccccc1F)Nc1ccc(Cl)cc1F. The van der Waals surface area contributed by atoms with Gasteiger partial charge in [-0.05, 0) is 30.3 Å². The molecule has 2 nitrogen and oxygen atoms in total. The van der Waals surface area contributed by atoms with Gasteiger partial charge >= 0.3 is 0 Å². The zero-order chi connectivity index (χ0) is 15.2. The molecule has 0 aliphatic rings. The van der Waals surface area contributed by atoms with Gasteiger partial charge in [0.15, 0.2) is 0 Å². The van der Waals surface area contributed by atoms with Crippen LogP contribution in [0.5, 0.6) is 0 Å². The summed E-state index contributed by atoms with van der Waals surface area (Å²) in [6.07, 6.45) is 0.154. The minimum Gasteiger partial charge on any atom is -0.324 e. The highest BCUT2D eigenvalue weighted by molar-refractivity contribution is 7.99. The van der Waals surface area contributed by atoms with Crippen LogP contribution in [0, 0.1) is 11.6 Å². The van der Waals surface area contributed by atoms with E-state index in [4.69, 9.17) is 11.6 Å². The monoisotopic (exact) mass is 327 g/mol. The molecule has 0 spiro atoms. The van der Waals surface area contributed by atoms with Crippen molar-refractivity contribution in [2.45, 2.75) is 11.3 Å². The fourth-order valence-corrected chi connectivity index (χ4v) is 2.67. The largest absolute Gasteiger partial charge is 0.324 e. The van der Waals surface area contributed by atoms with Gasteiger partial charge in [-0.3, -0.25) is 4.79 Å². The first-order valence-electron chi connectivity index (χ1n) is 6.18. The summed E-state index contributed by atoms with van der Waals surface area (Å²) in [5, 5.41) is 2.72. The molecule has 0 bridgehead atoms. The lowest BCUT2D eigenvalue weighted by molar-refractivity contribution is -0.115. The molecule has 0 aliphatic heterocycles. The quantitative estimate of drug-likeness (QED) is 0.804. The number of carbonyl (C=O) groups is 1. The lowest BCUT2D eigenvalue weighted by atomic mass is 10.3. The van der Waals surface area contributed by atoms with Crippen LogP contribution in [0.25, 0.3) is 0 Å². The molecule has 2 aromatic carbocycles. The zero-order valence-electron chi connectivity index (χ0n) is 10.9. The molecule has 0 unspecified atom stereocenters. The van der Waals surface area contributed by atoms with Crippen LogP contribution >= 0.6 is 23.4 Å². The maximum absolute atomic E-state index is 13.5. The summed E-state index contributed by atoms with van der Waals surface area (Å²) in [6, 6.07) is 10.4. The average Bonchev–Trinajstić information content (AvgIpc) is 2.44. The van der Waals surface area contributed by atoms with Crippen molar-refractivity contribution in [2.24, 2.45) is 0 Å². The van der Waals surface area contributed by atoms with Gasteiger partial charge in [-0.25, -0.2) is 8.78 Å². The molecule has 0 aromatic heterocycles. The van der Waals surface area contributed by atoms with Gasteiger partial charge < -0.3 is 5.32 Å². The van der Waals surface area contributed by atoms with Crippen molar-refractivity contribution in [3.63, 3.8) is 0 Å². The number of halogens is 3. The van der Waals surface area contributed by atoms with Crippen molar-refractivity contribution < 1.29 is 13.6 Å². The molecule has 1 amide bonds. The van der Waals surface area contributed by atoms with Gasteiger partial charge in [0.1, 0.15) is 11.6 Å². The molecule has 1 N–H and O–H groups in total. The lowest BCUT2D eigenvalue weighted by Crippen LogP contribution is -2.13. The molecule has 0 atom stereocenters. The van der Waals surface area contributed by atoms with Gasteiger partial charge in [0.25, 0.3) is 0 Å². The summed E-state index contributed by atoms with van der Waals surface area (Å²) in [4.78, 5) is 12.2. The number of anilines is 1. The van der Waals surface area contributed by atoms with Gasteiger partial charge in [-0.1, -0.05) is 23.7 Å². The summed E-state index contributed by atoms with van der Waals surface area (Å²) in [5.74, 6) is -0.827. The standard InChI is InChI=1S/C15H12ClF2NOS/c16-10-5-6-13(12(18)9-10)19-15(20)7-8-21-14-4-2-1-3-11(14)17/h1-6,9H,7-8H2,(H,19,20). The fraction of sp³-hybridized carbons (Fsp3) is 0.133. The Balaban J connectivity index is 1.84. The van der Waals surface area contributed by atoms with Crippen LogP contribution in [0.3, 0.4) is 0 Å². The van der Waals surface area contributed by atoms with Crippen LogP contribution in [0.2, 0.25) is 5.02 Å². The Morgan fingerprint density at radius 1 is 1.14 bits per heavy atom. The normalized spacial score (nSPS) is 10.4. The van der Waals surface area contributed by atoms with Crippen LogP contribution < -0.4 is 5.32 Å². The minimum absolute atomic E-state index is 0.0836. The molecule has 0 saturated carbocycles. The highest BCUT2D eigenvalue weighted by atomic mass is 35.5. The highest BCUT2D eigenvalue weighted by Gasteiger charge is 2.08. The average molecular weight is 328 g/mol. The first kappa shape index (κ1) is 15.8. The van der Waals surface area contributed by atoms with E-state index in [0.29, 0.717) is 10.6 Å². The summed E-state index contributed by atoms with van der Waals surface area (Å²) in [5.41, 5.74) is 0.0836. The number of thioether (sulfide) groups is 1. The third-order valence-electron chi connectivity index (χ3n) is 2.63. The maximum Gasteiger partial charge on any atom is 0.225 e. The first-order chi connectivity index (χ1) is 10.1. The highest BCUT2D eigenvalue weighted by Crippen LogP contribution is 2.22. The van der Waals surface area contributed by atoms with Crippen LogP contribution in [-0.4, -0.2) is 11.7 Å². The summed E-state index contributed by atoms with van der Waals surface area (Å²) < 4.78 is 26.9. The molecule has 6 heteroatoms. The second kappa shape index (κ2) is 7.43. The van der Waals surface area contributed by atoms with E-state index >= 15 is 0 Å². The van der Waals surface area contributed by atoms with Gasteiger partial charge in [0.2, 0.25) is 5.91 Å². The van der Waals surface area contributed by atoms with Gasteiger partial charge in [-0.15, -0.1) is 11.8 Å². The van der Waals surface area contributed by atoms with E-state index in [1.54, 1.807) is 18.2 Å². The molecule has 0 heterocycles. The molecule has 2 aromatic rings. The molecule has 0 aliphatic carbocycles. The number of nitrogens with one attached hydrogen (secondary N) is 1. The number of rotatable bonds is 5. The Morgan fingerprint density at radius 3 is 2.62 bits per heavy atom. The summed E-state index contributed by atoms with van der Waals surface area (Å²) >= 11 is 6.87. The molecule has 110 valence electrons. The van der Waals surface area contributed by atoms with Crippen molar-refractivity contribution in [3.8, 4) is 0 Å². The van der Waals surface area contributed by atoms with Crippen LogP contribution in [-0.2, 0) is 4.79 Å². The van der Waals surface area contributed by atoms with Gasteiger partial charge in [0.05, 0.1) is 5.69 Å². The number of hydrogen-bond donors (Lipinski definition) is 1. The van der Waals surface area contributed by atoms with E-state index in [0.717, 1.165) is 6.07 Å². The molecule has 0 radical (unpaired) electrons. The Morgan fingerprint density at radius 2 is 1.90 bits per heavy atom. The zero-order valence-corrected chi connectivity index (χ0v) is 12.5. The Kier molecular flexibility index (Phi) is 5.59. The Bertz CT molecular complexity index is 651. The second-order valence-electron chi connectivity index (χ2n) is 4.20. The van der Waals surface area contributed by atoms with Gasteiger partial charge in [0, 0.05) is 22.1 Å². The third kappa shape index (κ3) is 4.72. The van der Waals surface area contributed by atoms with E-state index in [9.17, 15) is 13.6 Å². The van der Waals surface area contributed by atoms with E-state index < -0.39 is 5.82 Å². The smallest absolute Gasteiger partial charge is 0.225 e. The maximum atomic E-state index is 13.5. The van der Waals surface area contributed by atoms with Crippen molar-refractivity contribution in [1.29, 1.82) is 0 Å². The molecular weight excluding hydrogens is 316 g/mol. The van der Waals surface area contributed by atoms with Crippen molar-refractivity contribution >= 4 is 35.0 Å². The number of amides is 1. The van der Waals surface area contributed by atoms with E-state index in [-0.39, 0.29) is 28.9 Å². The summed E-state index contributed by atoms with van der Waals surface area (Å²) in [6.45, 7) is 0. The number of hydrogen-bond acceptors (Lipinski definition) is 2. The van der Waals surface area contributed by atoms with E-state index in [1.807, 2.05) is 0 Å². The van der Waals surface area contributed by atoms with E-state index in [1.165, 1.54) is 30.0 Å². The van der Waals surface area contributed by atoms with Gasteiger partial charge in [-0.2, -0.15) is 0 Å². The lowest BCUT2D eigenvalue weighted by Gasteiger charge is -2.07. The molecule has 0 saturated heterocycles. The molecule has 0 fully saturated rings. The predicted octanol–water partition coefficient (Wildman–Crippen LogP) is 4.74. The van der Waals surface area contributed by atoms with Crippen molar-refractivity contribution in [1.82, 2.24) is 0 Å². The van der Waals surface area contributed by atoms with Crippen LogP contribution in [0.4, 0.5) is 14.5 Å². The van der Waals surface area contributed by atoms with Crippen molar-refractivity contribution in [2.75, 3.05) is 11.1 Å². The van der Waals surface area contributed by atoms with Crippen LogP contribution in [0.1, 0.15) is 6.42 Å². The molecular formula is C15H12ClF2NOS. The summed E-state index contributed by atoms with van der Waals surface area (Å²) in [7, 11) is 0. The number of benzene rings is 2. The van der Waals surface area contributed by atoms with Crippen molar-refractivity contribution in [3.05, 3.63) is 59.1 Å². The molecule has 2 rings (SSSR count). The number of carbonyl (C=O) groups excluding carboxylic acids is 1. The predicted molar refractivity (Wildman–Crippen MR) is 81.8 cm³/mol. The minimum atomic E-state index is -0.586. The fourth-order valence-electron chi connectivity index (χ4n) is 1.62. The first-order valence-corrected chi connectivity index (χ1v) is 7.55.